The molecule has 17 heavy (non-hydrogen) atoms. The first kappa shape index (κ1) is 13.0. The minimum atomic E-state index is -1.14. The third-order valence-electron chi connectivity index (χ3n) is 4.55. The number of allylic oxidation sites excluding steroid dienone is 3. The van der Waals surface area contributed by atoms with Crippen molar-refractivity contribution in [1.82, 2.24) is 0 Å². The van der Waals surface area contributed by atoms with Crippen LogP contribution in [0, 0.1) is 11.3 Å². The molecule has 0 aromatic rings. The van der Waals surface area contributed by atoms with Crippen molar-refractivity contribution in [3.63, 3.8) is 0 Å². The second-order valence-electron chi connectivity index (χ2n) is 5.53. The fraction of sp³-hybridized carbons (Fsp3) is 0.643. The molecule has 2 bridgehead atoms. The fourth-order valence-electron chi connectivity index (χ4n) is 3.09. The van der Waals surface area contributed by atoms with Crippen LogP contribution in [-0.2, 0) is 4.79 Å². The highest BCUT2D eigenvalue weighted by Crippen LogP contribution is 2.56. The van der Waals surface area contributed by atoms with E-state index in [2.05, 4.69) is 28.9 Å². The maximum atomic E-state index is 11.9. The van der Waals surface area contributed by atoms with Crippen molar-refractivity contribution in [3.05, 3.63) is 23.8 Å². The molecule has 3 heteroatoms. The van der Waals surface area contributed by atoms with Gasteiger partial charge in [-0.15, -0.1) is 0 Å². The van der Waals surface area contributed by atoms with Gasteiger partial charge in [0.25, 0.3) is 0 Å². The number of halogens is 1. The van der Waals surface area contributed by atoms with Crippen LogP contribution < -0.4 is 0 Å². The molecule has 2 nitrogen and oxygen atoms in total. The van der Waals surface area contributed by atoms with Gasteiger partial charge in [-0.25, -0.2) is 0 Å². The van der Waals surface area contributed by atoms with Crippen LogP contribution in [0.3, 0.4) is 0 Å². The Bertz CT molecular complexity index is 399. The zero-order chi connectivity index (χ0) is 12.7. The Labute approximate surface area is 111 Å². The summed E-state index contributed by atoms with van der Waals surface area (Å²) in [4.78, 5) is 11.9. The van der Waals surface area contributed by atoms with Crippen LogP contribution in [0.15, 0.2) is 23.8 Å². The molecule has 1 saturated carbocycles. The van der Waals surface area contributed by atoms with Gasteiger partial charge >= 0.3 is 0 Å². The molecule has 0 saturated heterocycles. The summed E-state index contributed by atoms with van der Waals surface area (Å²) in [6, 6.07) is 0. The minimum absolute atomic E-state index is 0.112. The standard InChI is InChI=1S/C14H19BrO2/c1-10(9-15)5-7-13(2)11-3-4-12(16)14(13,17)8-6-11/h3-5,11,17H,6-9H2,1-2H3/b10-5+/t11-,13-,14-/m0/s1. The number of ketones is 1. The van der Waals surface area contributed by atoms with Crippen LogP contribution in [-0.4, -0.2) is 21.8 Å². The summed E-state index contributed by atoms with van der Waals surface area (Å²) in [5.41, 5.74) is -0.228. The topological polar surface area (TPSA) is 37.3 Å². The molecule has 0 unspecified atom stereocenters. The number of fused-ring (bicyclic) bond motifs is 2. The lowest BCUT2D eigenvalue weighted by Crippen LogP contribution is -2.52. The maximum absolute atomic E-state index is 11.9. The van der Waals surface area contributed by atoms with Gasteiger partial charge in [0.05, 0.1) is 0 Å². The van der Waals surface area contributed by atoms with Crippen molar-refractivity contribution in [2.24, 2.45) is 11.3 Å². The molecule has 0 amide bonds. The van der Waals surface area contributed by atoms with E-state index in [1.165, 1.54) is 5.57 Å². The highest BCUT2D eigenvalue weighted by molar-refractivity contribution is 9.09. The van der Waals surface area contributed by atoms with Crippen molar-refractivity contribution < 1.29 is 9.90 Å². The van der Waals surface area contributed by atoms with E-state index >= 15 is 0 Å². The van der Waals surface area contributed by atoms with Gasteiger partial charge in [0, 0.05) is 10.7 Å². The Morgan fingerprint density at radius 1 is 1.71 bits per heavy atom. The number of hydrogen-bond acceptors (Lipinski definition) is 2. The van der Waals surface area contributed by atoms with E-state index in [1.54, 1.807) is 6.08 Å². The third kappa shape index (κ3) is 1.84. The molecule has 2 aliphatic rings. The quantitative estimate of drug-likeness (QED) is 0.642. The Morgan fingerprint density at radius 3 is 3.06 bits per heavy atom. The van der Waals surface area contributed by atoms with Crippen LogP contribution in [0.25, 0.3) is 0 Å². The predicted molar refractivity (Wildman–Crippen MR) is 72.1 cm³/mol. The Balaban J connectivity index is 2.31. The molecule has 0 spiro atoms. The van der Waals surface area contributed by atoms with E-state index in [1.807, 2.05) is 13.0 Å². The molecular formula is C14H19BrO2. The number of alkyl halides is 1. The lowest BCUT2D eigenvalue weighted by molar-refractivity contribution is -0.145. The number of hydrogen-bond donors (Lipinski definition) is 1. The second-order valence-corrected chi connectivity index (χ2v) is 6.10. The Morgan fingerprint density at radius 2 is 2.41 bits per heavy atom. The first-order valence-corrected chi connectivity index (χ1v) is 7.23. The van der Waals surface area contributed by atoms with E-state index in [9.17, 15) is 9.90 Å². The van der Waals surface area contributed by atoms with E-state index in [0.29, 0.717) is 12.3 Å². The molecule has 2 aliphatic carbocycles. The molecular weight excluding hydrogens is 280 g/mol. The van der Waals surface area contributed by atoms with Gasteiger partial charge in [0.1, 0.15) is 5.60 Å². The third-order valence-corrected chi connectivity index (χ3v) is 5.44. The van der Waals surface area contributed by atoms with Crippen molar-refractivity contribution >= 4 is 21.7 Å². The number of carbonyl (C=O) groups is 1. The van der Waals surface area contributed by atoms with Crippen molar-refractivity contribution in [1.29, 1.82) is 0 Å². The van der Waals surface area contributed by atoms with Crippen LogP contribution in [0.4, 0.5) is 0 Å². The fourth-order valence-corrected chi connectivity index (χ4v) is 3.32. The zero-order valence-corrected chi connectivity index (χ0v) is 12.0. The van der Waals surface area contributed by atoms with Gasteiger partial charge in [-0.1, -0.05) is 40.6 Å². The molecule has 1 fully saturated rings. The van der Waals surface area contributed by atoms with Crippen LogP contribution in [0.2, 0.25) is 0 Å². The van der Waals surface area contributed by atoms with Gasteiger partial charge in [-0.2, -0.15) is 0 Å². The number of aliphatic hydroxyl groups is 1. The summed E-state index contributed by atoms with van der Waals surface area (Å²) >= 11 is 3.42. The zero-order valence-electron chi connectivity index (χ0n) is 10.4. The van der Waals surface area contributed by atoms with Gasteiger partial charge in [0.15, 0.2) is 5.78 Å². The summed E-state index contributed by atoms with van der Waals surface area (Å²) in [7, 11) is 0. The first-order chi connectivity index (χ1) is 7.94. The second kappa shape index (κ2) is 4.36. The smallest absolute Gasteiger partial charge is 0.187 e. The molecule has 0 heterocycles. The van der Waals surface area contributed by atoms with Gasteiger partial charge < -0.3 is 5.11 Å². The van der Waals surface area contributed by atoms with Crippen molar-refractivity contribution in [2.75, 3.05) is 5.33 Å². The molecule has 0 aromatic carbocycles. The van der Waals surface area contributed by atoms with E-state index < -0.39 is 5.60 Å². The highest BCUT2D eigenvalue weighted by Gasteiger charge is 2.60. The van der Waals surface area contributed by atoms with Gasteiger partial charge in [0.2, 0.25) is 0 Å². The molecule has 0 radical (unpaired) electrons. The summed E-state index contributed by atoms with van der Waals surface area (Å²) in [5, 5.41) is 11.5. The van der Waals surface area contributed by atoms with Crippen LogP contribution in [0.1, 0.15) is 33.1 Å². The molecule has 2 rings (SSSR count). The molecule has 94 valence electrons. The average molecular weight is 299 g/mol. The Hall–Kier alpha value is -0.410. The SMILES string of the molecule is C/C(=C\C[C@@]1(C)[C@H]2C=CC(=O)[C@@]1(O)CC2)CBr. The monoisotopic (exact) mass is 298 g/mol. The molecule has 0 aliphatic heterocycles. The average Bonchev–Trinajstić information content (AvgIpc) is 2.45. The number of rotatable bonds is 3. The highest BCUT2D eigenvalue weighted by atomic mass is 79.9. The van der Waals surface area contributed by atoms with E-state index in [4.69, 9.17) is 0 Å². The van der Waals surface area contributed by atoms with E-state index in [-0.39, 0.29) is 11.2 Å². The number of carbonyl (C=O) groups excluding carboxylic acids is 1. The van der Waals surface area contributed by atoms with Crippen LogP contribution >= 0.6 is 15.9 Å². The first-order valence-electron chi connectivity index (χ1n) is 6.10. The lowest BCUT2D eigenvalue weighted by Gasteiger charge is -2.42. The minimum Gasteiger partial charge on any atom is -0.381 e. The normalized spacial score (nSPS) is 41.1. The molecule has 3 atom stereocenters. The summed E-state index contributed by atoms with van der Waals surface area (Å²) in [6.07, 6.45) is 7.98. The van der Waals surface area contributed by atoms with Gasteiger partial charge in [-0.3, -0.25) is 4.79 Å². The Kier molecular flexibility index (Phi) is 3.34. The van der Waals surface area contributed by atoms with Crippen molar-refractivity contribution in [3.8, 4) is 0 Å². The van der Waals surface area contributed by atoms with Gasteiger partial charge in [-0.05, 0) is 38.2 Å². The van der Waals surface area contributed by atoms with Crippen LogP contribution in [0.5, 0.6) is 0 Å². The largest absolute Gasteiger partial charge is 0.381 e. The lowest BCUT2D eigenvalue weighted by atomic mass is 9.64. The molecule has 1 N–H and O–H groups in total. The summed E-state index contributed by atoms with van der Waals surface area (Å²) in [6.45, 7) is 4.11. The maximum Gasteiger partial charge on any atom is 0.187 e. The summed E-state index contributed by atoms with van der Waals surface area (Å²) in [5.74, 6) is 0.211. The summed E-state index contributed by atoms with van der Waals surface area (Å²) < 4.78 is 0. The predicted octanol–water partition coefficient (Wildman–Crippen LogP) is 3.00. The molecule has 0 aromatic heterocycles. The van der Waals surface area contributed by atoms with E-state index in [0.717, 1.165) is 18.2 Å². The van der Waals surface area contributed by atoms with Crippen molar-refractivity contribution in [2.45, 2.75) is 38.7 Å².